The van der Waals surface area contributed by atoms with Gasteiger partial charge in [0.2, 0.25) is 6.29 Å². The number of allylic oxidation sites excluding steroid dienone is 1. The number of hydrogen-bond donors (Lipinski definition) is 2. The molecule has 3 rings (SSSR count). The first-order chi connectivity index (χ1) is 14.3. The van der Waals surface area contributed by atoms with Crippen molar-refractivity contribution in [3.8, 4) is 0 Å². The van der Waals surface area contributed by atoms with E-state index in [2.05, 4.69) is 5.32 Å². The number of hydrogen-bond acceptors (Lipinski definition) is 4. The minimum Gasteiger partial charge on any atom is -0.459 e. The number of aliphatic hydroxyl groups is 1. The molecule has 1 aromatic carbocycles. The summed E-state index contributed by atoms with van der Waals surface area (Å²) < 4.78 is 50.5. The number of carbonyl (C=O) groups is 1. The topological polar surface area (TPSA) is 67.8 Å². The second kappa shape index (κ2) is 9.83. The zero-order valence-corrected chi connectivity index (χ0v) is 17.0. The largest absolute Gasteiger partial charge is 0.459 e. The molecular weight excluding hydrogens is 399 g/mol. The maximum atomic E-state index is 13.0. The van der Waals surface area contributed by atoms with E-state index >= 15 is 0 Å². The number of ether oxygens (including phenoxy) is 2. The van der Waals surface area contributed by atoms with Gasteiger partial charge in [0.15, 0.2) is 5.76 Å². The lowest BCUT2D eigenvalue weighted by Gasteiger charge is -2.37. The Kier molecular flexibility index (Phi) is 7.41. The first-order valence-electron chi connectivity index (χ1n) is 10.4. The molecule has 0 radical (unpaired) electrons. The molecule has 0 unspecified atom stereocenters. The normalized spacial score (nSPS) is 24.2. The Morgan fingerprint density at radius 3 is 2.53 bits per heavy atom. The Morgan fingerprint density at radius 1 is 1.27 bits per heavy atom. The van der Waals surface area contributed by atoms with E-state index in [9.17, 15) is 23.1 Å². The maximum absolute atomic E-state index is 13.0. The fourth-order valence-electron chi connectivity index (χ4n) is 3.69. The van der Waals surface area contributed by atoms with Gasteiger partial charge < -0.3 is 19.9 Å². The molecule has 0 aromatic heterocycles. The zero-order valence-electron chi connectivity index (χ0n) is 17.0. The number of carbonyl (C=O) groups excluding carboxylic acids is 1. The van der Waals surface area contributed by atoms with E-state index in [1.165, 1.54) is 12.1 Å². The number of alkyl halides is 3. The average molecular weight is 427 g/mol. The minimum absolute atomic E-state index is 0.0203. The van der Waals surface area contributed by atoms with Crippen LogP contribution in [0.15, 0.2) is 36.1 Å². The van der Waals surface area contributed by atoms with Gasteiger partial charge in [-0.1, -0.05) is 12.1 Å². The second-order valence-electron chi connectivity index (χ2n) is 7.80. The third-order valence-corrected chi connectivity index (χ3v) is 5.51. The van der Waals surface area contributed by atoms with E-state index in [1.807, 2.05) is 6.92 Å². The summed E-state index contributed by atoms with van der Waals surface area (Å²) in [4.78, 5) is 12.6. The van der Waals surface area contributed by atoms with Gasteiger partial charge in [0, 0.05) is 31.6 Å². The molecule has 1 aromatic rings. The van der Waals surface area contributed by atoms with E-state index in [4.69, 9.17) is 9.47 Å². The second-order valence-corrected chi connectivity index (χ2v) is 7.80. The molecule has 8 heteroatoms. The highest BCUT2D eigenvalue weighted by Crippen LogP contribution is 2.40. The summed E-state index contributed by atoms with van der Waals surface area (Å²) >= 11 is 0. The molecule has 1 aliphatic heterocycles. The minimum atomic E-state index is -4.41. The van der Waals surface area contributed by atoms with Crippen LogP contribution in [0.2, 0.25) is 0 Å². The lowest BCUT2D eigenvalue weighted by atomic mass is 9.80. The lowest BCUT2D eigenvalue weighted by Crippen LogP contribution is -2.39. The van der Waals surface area contributed by atoms with Crippen molar-refractivity contribution >= 4 is 5.91 Å². The summed E-state index contributed by atoms with van der Waals surface area (Å²) in [5.41, 5.74) is -0.0793. The van der Waals surface area contributed by atoms with Crippen molar-refractivity contribution in [1.82, 2.24) is 5.32 Å². The summed E-state index contributed by atoms with van der Waals surface area (Å²) in [5.74, 6) is -0.327. The van der Waals surface area contributed by atoms with Gasteiger partial charge in [0.25, 0.3) is 5.91 Å². The van der Waals surface area contributed by atoms with Crippen molar-refractivity contribution in [2.24, 2.45) is 11.8 Å². The SMILES string of the molecule is CCO[C@H]1OC(C(=O)NCC2CC2)=C[C@@H](c2ccc(C(F)(F)F)cc2)[C@H]1CCCO. The van der Waals surface area contributed by atoms with Crippen LogP contribution in [0.4, 0.5) is 13.2 Å². The van der Waals surface area contributed by atoms with E-state index in [1.54, 1.807) is 6.08 Å². The molecule has 1 amide bonds. The molecular formula is C22H28F3NO4. The highest BCUT2D eigenvalue weighted by Gasteiger charge is 2.38. The third kappa shape index (κ3) is 5.76. The van der Waals surface area contributed by atoms with Gasteiger partial charge in [0.05, 0.1) is 5.56 Å². The van der Waals surface area contributed by atoms with E-state index in [0.717, 1.165) is 25.0 Å². The summed E-state index contributed by atoms with van der Waals surface area (Å²) in [6, 6.07) is 4.96. The van der Waals surface area contributed by atoms with Crippen molar-refractivity contribution in [3.63, 3.8) is 0 Å². The van der Waals surface area contributed by atoms with E-state index in [-0.39, 0.29) is 30.1 Å². The van der Waals surface area contributed by atoms with Gasteiger partial charge in [-0.15, -0.1) is 0 Å². The highest BCUT2D eigenvalue weighted by atomic mass is 19.4. The molecule has 1 aliphatic carbocycles. The van der Waals surface area contributed by atoms with Crippen LogP contribution >= 0.6 is 0 Å². The average Bonchev–Trinajstić information content (AvgIpc) is 3.55. The molecule has 0 bridgehead atoms. The van der Waals surface area contributed by atoms with E-state index in [0.29, 0.717) is 37.5 Å². The van der Waals surface area contributed by atoms with Crippen LogP contribution in [-0.4, -0.2) is 37.1 Å². The van der Waals surface area contributed by atoms with Gasteiger partial charge >= 0.3 is 6.18 Å². The summed E-state index contributed by atoms with van der Waals surface area (Å²) in [5, 5.41) is 12.1. The molecule has 3 atom stereocenters. The predicted octanol–water partition coefficient (Wildman–Crippen LogP) is 3.98. The Hall–Kier alpha value is -2.06. The van der Waals surface area contributed by atoms with E-state index < -0.39 is 18.0 Å². The van der Waals surface area contributed by atoms with Crippen LogP contribution in [0.5, 0.6) is 0 Å². The standard InChI is InChI=1S/C22H28F3NO4/c1-2-29-21-17(4-3-11-27)18(15-7-9-16(10-8-15)22(23,24)25)12-19(30-21)20(28)26-13-14-5-6-14/h7-10,12,14,17-18,21,27H,2-6,11,13H2,1H3,(H,26,28)/t17-,18+,21+/m1/s1. The van der Waals surface area contributed by atoms with Crippen molar-refractivity contribution in [2.75, 3.05) is 19.8 Å². The van der Waals surface area contributed by atoms with Crippen LogP contribution in [0.3, 0.4) is 0 Å². The molecule has 0 spiro atoms. The van der Waals surface area contributed by atoms with Crippen molar-refractivity contribution in [2.45, 2.75) is 51.0 Å². The molecule has 2 N–H and O–H groups in total. The number of rotatable bonds is 9. The van der Waals surface area contributed by atoms with Crippen LogP contribution < -0.4 is 5.32 Å². The van der Waals surface area contributed by atoms with Gasteiger partial charge in [-0.2, -0.15) is 13.2 Å². The molecule has 2 aliphatic rings. The fraction of sp³-hybridized carbons (Fsp3) is 0.591. The molecule has 166 valence electrons. The Balaban J connectivity index is 1.89. The molecule has 5 nitrogen and oxygen atoms in total. The highest BCUT2D eigenvalue weighted by molar-refractivity contribution is 5.91. The van der Waals surface area contributed by atoms with Gasteiger partial charge in [0.1, 0.15) is 0 Å². The zero-order chi connectivity index (χ0) is 21.7. The van der Waals surface area contributed by atoms with Crippen LogP contribution in [0.25, 0.3) is 0 Å². The van der Waals surface area contributed by atoms with Gasteiger partial charge in [-0.25, -0.2) is 0 Å². The van der Waals surface area contributed by atoms with Crippen LogP contribution in [0.1, 0.15) is 49.7 Å². The molecule has 30 heavy (non-hydrogen) atoms. The van der Waals surface area contributed by atoms with Gasteiger partial charge in [-0.3, -0.25) is 4.79 Å². The summed E-state index contributed by atoms with van der Waals surface area (Å²) in [6.45, 7) is 2.73. The third-order valence-electron chi connectivity index (χ3n) is 5.51. The first-order valence-corrected chi connectivity index (χ1v) is 10.4. The van der Waals surface area contributed by atoms with Crippen LogP contribution in [0, 0.1) is 11.8 Å². The van der Waals surface area contributed by atoms with Crippen LogP contribution in [-0.2, 0) is 20.4 Å². The number of nitrogens with one attached hydrogen (secondary N) is 1. The lowest BCUT2D eigenvalue weighted by molar-refractivity contribution is -0.166. The predicted molar refractivity (Wildman–Crippen MR) is 104 cm³/mol. The Morgan fingerprint density at radius 2 is 1.97 bits per heavy atom. The maximum Gasteiger partial charge on any atom is 0.416 e. The first kappa shape index (κ1) is 22.6. The number of amides is 1. The summed E-state index contributed by atoms with van der Waals surface area (Å²) in [6.07, 6.45) is -0.241. The number of aliphatic hydroxyl groups excluding tert-OH is 1. The Bertz CT molecular complexity index is 744. The summed E-state index contributed by atoms with van der Waals surface area (Å²) in [7, 11) is 0. The number of halogens is 3. The van der Waals surface area contributed by atoms with Gasteiger partial charge in [-0.05, 0) is 62.3 Å². The fourth-order valence-corrected chi connectivity index (χ4v) is 3.69. The molecule has 1 fully saturated rings. The van der Waals surface area contributed by atoms with Crippen molar-refractivity contribution in [1.29, 1.82) is 0 Å². The monoisotopic (exact) mass is 427 g/mol. The Labute approximate surface area is 174 Å². The molecule has 0 saturated heterocycles. The van der Waals surface area contributed by atoms with Crippen molar-refractivity contribution < 1.29 is 32.5 Å². The quantitative estimate of drug-likeness (QED) is 0.626. The molecule has 1 heterocycles. The smallest absolute Gasteiger partial charge is 0.416 e. The molecule has 1 saturated carbocycles. The van der Waals surface area contributed by atoms with Crippen molar-refractivity contribution in [3.05, 3.63) is 47.2 Å². The number of benzene rings is 1.